The van der Waals surface area contributed by atoms with E-state index in [1.54, 1.807) is 37.3 Å². The fourth-order valence-electron chi connectivity index (χ4n) is 3.02. The molecule has 1 aliphatic heterocycles. The second-order valence-electron chi connectivity index (χ2n) is 6.78. The highest BCUT2D eigenvalue weighted by molar-refractivity contribution is 7.10. The smallest absolute Gasteiger partial charge is 0.326 e. The number of hydrogen-bond donors (Lipinski definition) is 2. The molecule has 8 nitrogen and oxygen atoms in total. The van der Waals surface area contributed by atoms with Crippen LogP contribution in [0.4, 0.5) is 4.79 Å². The van der Waals surface area contributed by atoms with E-state index in [4.69, 9.17) is 4.74 Å². The first-order chi connectivity index (χ1) is 13.8. The van der Waals surface area contributed by atoms with Crippen LogP contribution >= 0.6 is 11.3 Å². The molecule has 4 amide bonds. The lowest BCUT2D eigenvalue weighted by Gasteiger charge is -2.21. The van der Waals surface area contributed by atoms with Gasteiger partial charge < -0.3 is 15.4 Å². The van der Waals surface area contributed by atoms with E-state index in [0.717, 1.165) is 9.78 Å². The standard InChI is InChI=1S/C20H21N3O5S/c1-13(15-9-6-10-29-15)21-16(24)12-28-17(25)11-23-18(26)20(2,22-19(23)27)14-7-4-3-5-8-14/h3-10,13H,11-12H2,1-2H3,(H,21,24)(H,22,27)/t13-,20+/m0/s1. The van der Waals surface area contributed by atoms with E-state index >= 15 is 0 Å². The summed E-state index contributed by atoms with van der Waals surface area (Å²) in [5.41, 5.74) is -0.650. The second-order valence-corrected chi connectivity index (χ2v) is 7.76. The number of nitrogens with zero attached hydrogens (tertiary/aromatic N) is 1. The van der Waals surface area contributed by atoms with Gasteiger partial charge in [0, 0.05) is 4.88 Å². The minimum atomic E-state index is -1.26. The number of carbonyl (C=O) groups excluding carboxylic acids is 4. The Balaban J connectivity index is 1.53. The largest absolute Gasteiger partial charge is 0.454 e. The minimum Gasteiger partial charge on any atom is -0.454 e. The highest BCUT2D eigenvalue weighted by Gasteiger charge is 2.49. The van der Waals surface area contributed by atoms with E-state index in [2.05, 4.69) is 10.6 Å². The highest BCUT2D eigenvalue weighted by Crippen LogP contribution is 2.28. The zero-order chi connectivity index (χ0) is 21.0. The van der Waals surface area contributed by atoms with Crippen molar-refractivity contribution in [1.29, 1.82) is 0 Å². The molecular formula is C20H21N3O5S. The van der Waals surface area contributed by atoms with Crippen molar-refractivity contribution in [2.75, 3.05) is 13.2 Å². The number of thiophene rings is 1. The van der Waals surface area contributed by atoms with Gasteiger partial charge in [0.25, 0.3) is 11.8 Å². The van der Waals surface area contributed by atoms with Gasteiger partial charge >= 0.3 is 12.0 Å². The number of ether oxygens (including phenoxy) is 1. The van der Waals surface area contributed by atoms with Crippen LogP contribution in [0.3, 0.4) is 0 Å². The van der Waals surface area contributed by atoms with Crippen LogP contribution < -0.4 is 10.6 Å². The van der Waals surface area contributed by atoms with Gasteiger partial charge in [-0.25, -0.2) is 4.79 Å². The predicted molar refractivity (Wildman–Crippen MR) is 106 cm³/mol. The van der Waals surface area contributed by atoms with Crippen LogP contribution in [0.5, 0.6) is 0 Å². The van der Waals surface area contributed by atoms with Crippen molar-refractivity contribution >= 4 is 35.2 Å². The van der Waals surface area contributed by atoms with Crippen LogP contribution in [0.15, 0.2) is 47.8 Å². The average Bonchev–Trinajstić information content (AvgIpc) is 3.31. The molecule has 0 saturated carbocycles. The highest BCUT2D eigenvalue weighted by atomic mass is 32.1. The Morgan fingerprint density at radius 2 is 1.93 bits per heavy atom. The quantitative estimate of drug-likeness (QED) is 0.531. The third-order valence-corrected chi connectivity index (χ3v) is 5.68. The van der Waals surface area contributed by atoms with Crippen LogP contribution in [-0.2, 0) is 24.7 Å². The summed E-state index contributed by atoms with van der Waals surface area (Å²) in [5.74, 6) is -1.86. The second kappa shape index (κ2) is 8.44. The van der Waals surface area contributed by atoms with Crippen LogP contribution in [0.1, 0.15) is 30.3 Å². The molecule has 1 fully saturated rings. The van der Waals surface area contributed by atoms with E-state index < -0.39 is 42.5 Å². The molecule has 0 bridgehead atoms. The molecule has 2 atom stereocenters. The lowest BCUT2D eigenvalue weighted by Crippen LogP contribution is -2.42. The number of imide groups is 1. The molecule has 0 radical (unpaired) electrons. The molecule has 1 saturated heterocycles. The summed E-state index contributed by atoms with van der Waals surface area (Å²) >= 11 is 1.51. The molecule has 1 aromatic heterocycles. The summed E-state index contributed by atoms with van der Waals surface area (Å²) in [6, 6.07) is 11.6. The van der Waals surface area contributed by atoms with Crippen molar-refractivity contribution in [3.05, 3.63) is 58.3 Å². The molecule has 2 N–H and O–H groups in total. The van der Waals surface area contributed by atoms with Crippen molar-refractivity contribution in [1.82, 2.24) is 15.5 Å². The first-order valence-corrected chi connectivity index (χ1v) is 9.87. The number of esters is 1. The zero-order valence-corrected chi connectivity index (χ0v) is 16.8. The van der Waals surface area contributed by atoms with Crippen LogP contribution in [0.25, 0.3) is 0 Å². The molecule has 0 unspecified atom stereocenters. The normalized spacial score (nSPS) is 19.6. The van der Waals surface area contributed by atoms with E-state index in [9.17, 15) is 19.2 Å². The van der Waals surface area contributed by atoms with Crippen LogP contribution in [-0.4, -0.2) is 41.9 Å². The number of amides is 4. The summed E-state index contributed by atoms with van der Waals surface area (Å²) in [5, 5.41) is 7.23. The molecule has 3 rings (SSSR count). The summed E-state index contributed by atoms with van der Waals surface area (Å²) in [7, 11) is 0. The minimum absolute atomic E-state index is 0.210. The number of hydrogen-bond acceptors (Lipinski definition) is 6. The lowest BCUT2D eigenvalue weighted by atomic mass is 9.92. The van der Waals surface area contributed by atoms with Gasteiger partial charge in [0.05, 0.1) is 6.04 Å². The maximum Gasteiger partial charge on any atom is 0.326 e. The lowest BCUT2D eigenvalue weighted by molar-refractivity contribution is -0.151. The predicted octanol–water partition coefficient (Wildman–Crippen LogP) is 1.94. The number of carbonyl (C=O) groups is 4. The van der Waals surface area contributed by atoms with Crippen molar-refractivity contribution in [2.45, 2.75) is 25.4 Å². The van der Waals surface area contributed by atoms with E-state index in [1.165, 1.54) is 11.3 Å². The number of benzene rings is 1. The molecule has 1 aliphatic rings. The summed E-state index contributed by atoms with van der Waals surface area (Å²) in [6.07, 6.45) is 0. The molecular weight excluding hydrogens is 394 g/mol. The topological polar surface area (TPSA) is 105 Å². The monoisotopic (exact) mass is 415 g/mol. The molecule has 1 aromatic carbocycles. The number of nitrogens with one attached hydrogen (secondary N) is 2. The van der Waals surface area contributed by atoms with Gasteiger partial charge in [0.2, 0.25) is 0 Å². The van der Waals surface area contributed by atoms with Gasteiger partial charge in [-0.3, -0.25) is 19.3 Å². The molecule has 29 heavy (non-hydrogen) atoms. The van der Waals surface area contributed by atoms with Gasteiger partial charge in [0.15, 0.2) is 6.61 Å². The summed E-state index contributed by atoms with van der Waals surface area (Å²) in [4.78, 5) is 50.8. The third-order valence-electron chi connectivity index (χ3n) is 4.63. The maximum atomic E-state index is 12.7. The molecule has 152 valence electrons. The van der Waals surface area contributed by atoms with Gasteiger partial charge in [0.1, 0.15) is 12.1 Å². The maximum absolute atomic E-state index is 12.7. The van der Waals surface area contributed by atoms with Crippen LogP contribution in [0, 0.1) is 0 Å². The first kappa shape index (κ1) is 20.5. The van der Waals surface area contributed by atoms with Gasteiger partial charge in [-0.1, -0.05) is 36.4 Å². The van der Waals surface area contributed by atoms with E-state index in [0.29, 0.717) is 5.56 Å². The number of rotatable bonds is 7. The number of urea groups is 1. The SMILES string of the molecule is C[C@H](NC(=O)COC(=O)CN1C(=O)N[C@](C)(c2ccccc2)C1=O)c1cccs1. The van der Waals surface area contributed by atoms with Crippen molar-refractivity contribution < 1.29 is 23.9 Å². The molecule has 0 aliphatic carbocycles. The van der Waals surface area contributed by atoms with E-state index in [-0.39, 0.29) is 6.04 Å². The Hall–Kier alpha value is -3.20. The molecule has 0 spiro atoms. The molecule has 9 heteroatoms. The van der Waals surface area contributed by atoms with Gasteiger partial charge in [-0.2, -0.15) is 0 Å². The first-order valence-electron chi connectivity index (χ1n) is 8.99. The third kappa shape index (κ3) is 4.45. The fraction of sp³-hybridized carbons (Fsp3) is 0.300. The van der Waals surface area contributed by atoms with Gasteiger partial charge in [-0.15, -0.1) is 11.3 Å². The Bertz CT molecular complexity index is 915. The Kier molecular flexibility index (Phi) is 5.97. The molecule has 2 aromatic rings. The Morgan fingerprint density at radius 1 is 1.21 bits per heavy atom. The molecule has 2 heterocycles. The fourth-order valence-corrected chi connectivity index (χ4v) is 3.75. The van der Waals surface area contributed by atoms with Crippen molar-refractivity contribution in [3.63, 3.8) is 0 Å². The van der Waals surface area contributed by atoms with E-state index in [1.807, 2.05) is 24.4 Å². The van der Waals surface area contributed by atoms with Crippen molar-refractivity contribution in [2.24, 2.45) is 0 Å². The Morgan fingerprint density at radius 3 is 2.59 bits per heavy atom. The zero-order valence-electron chi connectivity index (χ0n) is 16.0. The summed E-state index contributed by atoms with van der Waals surface area (Å²) < 4.78 is 4.93. The van der Waals surface area contributed by atoms with Crippen molar-refractivity contribution in [3.8, 4) is 0 Å². The Labute approximate surface area is 171 Å². The average molecular weight is 415 g/mol. The summed E-state index contributed by atoms with van der Waals surface area (Å²) in [6.45, 7) is 2.34. The van der Waals surface area contributed by atoms with Gasteiger partial charge in [-0.05, 0) is 30.9 Å². The van der Waals surface area contributed by atoms with Crippen LogP contribution in [0.2, 0.25) is 0 Å².